The van der Waals surface area contributed by atoms with Crippen LogP contribution in [0.25, 0.3) is 0 Å². The van der Waals surface area contributed by atoms with Crippen molar-refractivity contribution in [1.82, 2.24) is 4.90 Å². The Morgan fingerprint density at radius 2 is 2.00 bits per heavy atom. The van der Waals surface area contributed by atoms with Crippen LogP contribution in [0.5, 0.6) is 0 Å². The molecule has 0 spiro atoms. The number of carbonyl (C=O) groups is 1. The number of amides is 1. The first-order valence-electron chi connectivity index (χ1n) is 7.09. The molecule has 4 heteroatoms. The smallest absolute Gasteiger partial charge is 0.232 e. The van der Waals surface area contributed by atoms with Crippen LogP contribution in [0.3, 0.4) is 0 Å². The second kappa shape index (κ2) is 8.05. The van der Waals surface area contributed by atoms with E-state index in [-0.39, 0.29) is 11.9 Å². The Hall–Kier alpha value is -0.220. The van der Waals surface area contributed by atoms with Crippen molar-refractivity contribution in [2.45, 2.75) is 58.0 Å². The van der Waals surface area contributed by atoms with Gasteiger partial charge in [-0.25, -0.2) is 0 Å². The van der Waals surface area contributed by atoms with Gasteiger partial charge in [-0.05, 0) is 50.7 Å². The summed E-state index contributed by atoms with van der Waals surface area (Å²) in [6, 6.07) is 0.716. The Morgan fingerprint density at radius 1 is 1.39 bits per heavy atom. The minimum absolute atomic E-state index is 0.241. The number of rotatable bonds is 6. The molecular formula is C14H28N2OS. The Morgan fingerprint density at radius 3 is 2.56 bits per heavy atom. The zero-order valence-corrected chi connectivity index (χ0v) is 12.8. The molecule has 1 atom stereocenters. The number of nitrogens with two attached hydrogens (primary N) is 1. The molecule has 106 valence electrons. The molecule has 1 aliphatic carbocycles. The summed E-state index contributed by atoms with van der Waals surface area (Å²) in [5, 5.41) is 0. The van der Waals surface area contributed by atoms with E-state index < -0.39 is 0 Å². The lowest BCUT2D eigenvalue weighted by molar-refractivity contribution is -0.129. The lowest BCUT2D eigenvalue weighted by Crippen LogP contribution is -2.40. The lowest BCUT2D eigenvalue weighted by atomic mass is 9.87. The maximum Gasteiger partial charge on any atom is 0.232 e. The molecule has 1 saturated carbocycles. The standard InChI is InChI=1S/C14H28N2OS/c1-11-4-6-13(7-5-11)16(3)14(17)10-18-9-8-12(2)15/h11-13H,4-10,15H2,1-3H3. The Balaban J connectivity index is 2.20. The second-order valence-electron chi connectivity index (χ2n) is 5.74. The molecule has 1 rings (SSSR count). The third-order valence-corrected chi connectivity index (χ3v) is 4.85. The molecule has 0 aliphatic heterocycles. The van der Waals surface area contributed by atoms with Gasteiger partial charge in [0.1, 0.15) is 0 Å². The number of carbonyl (C=O) groups excluding carboxylic acids is 1. The van der Waals surface area contributed by atoms with E-state index in [0.29, 0.717) is 11.8 Å². The molecule has 1 unspecified atom stereocenters. The van der Waals surface area contributed by atoms with Gasteiger partial charge in [0.2, 0.25) is 5.91 Å². The highest BCUT2D eigenvalue weighted by molar-refractivity contribution is 7.99. The monoisotopic (exact) mass is 272 g/mol. The van der Waals surface area contributed by atoms with Gasteiger partial charge in [-0.15, -0.1) is 0 Å². The quantitative estimate of drug-likeness (QED) is 0.756. The van der Waals surface area contributed by atoms with Crippen molar-refractivity contribution in [2.75, 3.05) is 18.6 Å². The Labute approximate surface area is 116 Å². The van der Waals surface area contributed by atoms with Gasteiger partial charge < -0.3 is 10.6 Å². The third-order valence-electron chi connectivity index (χ3n) is 3.87. The molecule has 3 nitrogen and oxygen atoms in total. The van der Waals surface area contributed by atoms with Crippen molar-refractivity contribution in [3.8, 4) is 0 Å². The van der Waals surface area contributed by atoms with Gasteiger partial charge in [0, 0.05) is 19.1 Å². The molecule has 0 bridgehead atoms. The topological polar surface area (TPSA) is 46.3 Å². The first kappa shape index (κ1) is 15.8. The molecular weight excluding hydrogens is 244 g/mol. The normalized spacial score (nSPS) is 25.8. The number of hydrogen-bond donors (Lipinski definition) is 1. The molecule has 0 aromatic rings. The molecule has 1 amide bonds. The van der Waals surface area contributed by atoms with Crippen molar-refractivity contribution in [3.63, 3.8) is 0 Å². The van der Waals surface area contributed by atoms with E-state index in [4.69, 9.17) is 5.73 Å². The largest absolute Gasteiger partial charge is 0.342 e. The minimum Gasteiger partial charge on any atom is -0.342 e. The van der Waals surface area contributed by atoms with Gasteiger partial charge in [0.05, 0.1) is 5.75 Å². The van der Waals surface area contributed by atoms with Crippen LogP contribution in [-0.4, -0.2) is 41.4 Å². The molecule has 1 fully saturated rings. The van der Waals surface area contributed by atoms with E-state index in [2.05, 4.69) is 6.92 Å². The van der Waals surface area contributed by atoms with E-state index in [1.807, 2.05) is 18.9 Å². The van der Waals surface area contributed by atoms with Crippen molar-refractivity contribution >= 4 is 17.7 Å². The van der Waals surface area contributed by atoms with Crippen LogP contribution >= 0.6 is 11.8 Å². The van der Waals surface area contributed by atoms with Crippen LogP contribution in [-0.2, 0) is 4.79 Å². The fourth-order valence-corrected chi connectivity index (χ4v) is 3.42. The van der Waals surface area contributed by atoms with Crippen molar-refractivity contribution < 1.29 is 4.79 Å². The van der Waals surface area contributed by atoms with E-state index in [0.717, 1.165) is 18.1 Å². The van der Waals surface area contributed by atoms with Crippen LogP contribution in [0.2, 0.25) is 0 Å². The molecule has 18 heavy (non-hydrogen) atoms. The predicted molar refractivity (Wildman–Crippen MR) is 79.8 cm³/mol. The van der Waals surface area contributed by atoms with Crippen LogP contribution in [0.4, 0.5) is 0 Å². The van der Waals surface area contributed by atoms with Gasteiger partial charge in [-0.3, -0.25) is 4.79 Å². The predicted octanol–water partition coefficient (Wildman–Crippen LogP) is 2.49. The van der Waals surface area contributed by atoms with Gasteiger partial charge in [0.15, 0.2) is 0 Å². The first-order chi connectivity index (χ1) is 8.50. The highest BCUT2D eigenvalue weighted by Crippen LogP contribution is 2.26. The minimum atomic E-state index is 0.241. The van der Waals surface area contributed by atoms with Crippen LogP contribution in [0, 0.1) is 5.92 Å². The van der Waals surface area contributed by atoms with Crippen molar-refractivity contribution in [1.29, 1.82) is 0 Å². The summed E-state index contributed by atoms with van der Waals surface area (Å²) in [4.78, 5) is 14.0. The Bertz CT molecular complexity index is 250. The zero-order chi connectivity index (χ0) is 13.5. The summed E-state index contributed by atoms with van der Waals surface area (Å²) < 4.78 is 0. The number of hydrogen-bond acceptors (Lipinski definition) is 3. The van der Waals surface area contributed by atoms with Crippen LogP contribution < -0.4 is 5.73 Å². The molecule has 2 N–H and O–H groups in total. The van der Waals surface area contributed by atoms with Crippen molar-refractivity contribution in [3.05, 3.63) is 0 Å². The lowest BCUT2D eigenvalue weighted by Gasteiger charge is -2.33. The third kappa shape index (κ3) is 5.61. The SMILES string of the molecule is CC(N)CCSCC(=O)N(C)C1CCC(C)CC1. The van der Waals surface area contributed by atoms with E-state index in [1.165, 1.54) is 25.7 Å². The summed E-state index contributed by atoms with van der Waals surface area (Å²) in [7, 11) is 1.97. The summed E-state index contributed by atoms with van der Waals surface area (Å²) >= 11 is 1.71. The molecule has 0 radical (unpaired) electrons. The van der Waals surface area contributed by atoms with E-state index >= 15 is 0 Å². The molecule has 0 aromatic heterocycles. The van der Waals surface area contributed by atoms with Crippen LogP contribution in [0.15, 0.2) is 0 Å². The molecule has 0 saturated heterocycles. The van der Waals surface area contributed by atoms with Gasteiger partial charge in [0.25, 0.3) is 0 Å². The summed E-state index contributed by atoms with van der Waals surface area (Å²) in [5.74, 6) is 2.71. The van der Waals surface area contributed by atoms with Gasteiger partial charge >= 0.3 is 0 Å². The maximum absolute atomic E-state index is 12.0. The fraction of sp³-hybridized carbons (Fsp3) is 0.929. The molecule has 0 heterocycles. The second-order valence-corrected chi connectivity index (χ2v) is 6.84. The van der Waals surface area contributed by atoms with Gasteiger partial charge in [-0.2, -0.15) is 11.8 Å². The first-order valence-corrected chi connectivity index (χ1v) is 8.25. The number of nitrogens with zero attached hydrogens (tertiary/aromatic N) is 1. The maximum atomic E-state index is 12.0. The van der Waals surface area contributed by atoms with Crippen molar-refractivity contribution in [2.24, 2.45) is 11.7 Å². The van der Waals surface area contributed by atoms with E-state index in [1.54, 1.807) is 11.8 Å². The molecule has 1 aliphatic rings. The van der Waals surface area contributed by atoms with E-state index in [9.17, 15) is 4.79 Å². The highest BCUT2D eigenvalue weighted by atomic mass is 32.2. The Kier molecular flexibility index (Phi) is 7.08. The average molecular weight is 272 g/mol. The fourth-order valence-electron chi connectivity index (χ4n) is 2.36. The summed E-state index contributed by atoms with van der Waals surface area (Å²) in [6.45, 7) is 4.32. The highest BCUT2D eigenvalue weighted by Gasteiger charge is 2.24. The number of thioether (sulfide) groups is 1. The van der Waals surface area contributed by atoms with Crippen LogP contribution in [0.1, 0.15) is 46.0 Å². The molecule has 0 aromatic carbocycles. The summed E-state index contributed by atoms with van der Waals surface area (Å²) in [5.41, 5.74) is 5.69. The summed E-state index contributed by atoms with van der Waals surface area (Å²) in [6.07, 6.45) is 5.87. The zero-order valence-electron chi connectivity index (χ0n) is 12.0. The van der Waals surface area contributed by atoms with Gasteiger partial charge in [-0.1, -0.05) is 6.92 Å². The average Bonchev–Trinajstić information content (AvgIpc) is 2.34.